The van der Waals surface area contributed by atoms with E-state index < -0.39 is 47.6 Å². The molecular weight excluding hydrogens is 853 g/mol. The fraction of sp³-hybridized carbons (Fsp3) is 0.333. The number of nitrogens with one attached hydrogen (secondary N) is 2. The Kier molecular flexibility index (Phi) is 11.8. The first kappa shape index (κ1) is 45.0. The van der Waals surface area contributed by atoms with Crippen molar-refractivity contribution in [1.29, 1.82) is 0 Å². The third-order valence-electron chi connectivity index (χ3n) is 12.5. The van der Waals surface area contributed by atoms with E-state index in [0.29, 0.717) is 77.2 Å². The van der Waals surface area contributed by atoms with Crippen molar-refractivity contribution in [3.8, 4) is 0 Å². The molecule has 8 rings (SSSR count). The van der Waals surface area contributed by atoms with Gasteiger partial charge in [-0.3, -0.25) is 19.4 Å². The van der Waals surface area contributed by atoms with Crippen LogP contribution in [0.5, 0.6) is 0 Å². The Morgan fingerprint density at radius 2 is 0.938 bits per heavy atom. The second-order valence-electron chi connectivity index (χ2n) is 17.6. The molecule has 0 radical (unpaired) electrons. The third-order valence-corrected chi connectivity index (χ3v) is 12.5. The molecule has 0 saturated heterocycles. The lowest BCUT2D eigenvalue weighted by atomic mass is 9.94. The second kappa shape index (κ2) is 17.1. The van der Waals surface area contributed by atoms with Gasteiger partial charge in [0.2, 0.25) is 0 Å². The van der Waals surface area contributed by atoms with E-state index in [2.05, 4.69) is 10.6 Å². The van der Waals surface area contributed by atoms with Crippen molar-refractivity contribution in [3.63, 3.8) is 0 Å². The van der Waals surface area contributed by atoms with Gasteiger partial charge in [0.05, 0.1) is 97.4 Å². The summed E-state index contributed by atoms with van der Waals surface area (Å²) >= 11 is 0. The number of aryl methyl sites for hydroxylation is 2. The number of urea groups is 2. The summed E-state index contributed by atoms with van der Waals surface area (Å²) < 4.78 is 83.1. The third kappa shape index (κ3) is 9.06. The minimum absolute atomic E-state index is 0.0101. The average Bonchev–Trinajstić information content (AvgIpc) is 3.74. The topological polar surface area (TPSA) is 105 Å². The molecule has 0 fully saturated rings. The van der Waals surface area contributed by atoms with Crippen molar-refractivity contribution in [3.05, 3.63) is 153 Å². The van der Waals surface area contributed by atoms with E-state index in [1.54, 1.807) is 9.80 Å². The summed E-state index contributed by atoms with van der Waals surface area (Å²) in [4.78, 5) is 61.4. The minimum atomic E-state index is -4.65. The first-order valence-electron chi connectivity index (χ1n) is 21.3. The maximum absolute atomic E-state index is 14.2. The normalized spacial score (nSPS) is 19.3. The SMILES string of the molecule is Cc1ccc([C@H]2NC(=O)N(c3cccc(C(F)(F)F)c3)C3=C2C(=O)N(CCC[N+](C)(C)CCCN2CC4=C(C2=O)[C@@H](c2ccc(C)cc2)NC(=O)N4c2cccc(C(F)(F)F)c2)C3)cc1. The number of benzene rings is 4. The molecule has 17 heteroatoms. The van der Waals surface area contributed by atoms with Crippen molar-refractivity contribution in [2.24, 2.45) is 0 Å². The van der Waals surface area contributed by atoms with Crippen molar-refractivity contribution >= 4 is 35.3 Å². The van der Waals surface area contributed by atoms with Gasteiger partial charge >= 0.3 is 24.4 Å². The van der Waals surface area contributed by atoms with Crippen LogP contribution in [-0.4, -0.2) is 91.5 Å². The molecule has 0 spiro atoms. The molecule has 4 aromatic rings. The summed E-state index contributed by atoms with van der Waals surface area (Å²) in [6.07, 6.45) is -8.22. The lowest BCUT2D eigenvalue weighted by Crippen LogP contribution is -2.47. The van der Waals surface area contributed by atoms with E-state index in [9.17, 15) is 45.5 Å². The van der Waals surface area contributed by atoms with Gasteiger partial charge in [0.15, 0.2) is 0 Å². The number of quaternary nitrogens is 1. The van der Waals surface area contributed by atoms with E-state index in [-0.39, 0.29) is 36.3 Å². The molecule has 340 valence electrons. The Morgan fingerprint density at radius 3 is 1.29 bits per heavy atom. The molecule has 4 aliphatic heterocycles. The van der Waals surface area contributed by atoms with Crippen LogP contribution in [0, 0.1) is 13.8 Å². The number of carbonyl (C=O) groups is 4. The zero-order valence-corrected chi connectivity index (χ0v) is 36.2. The molecule has 0 bridgehead atoms. The number of anilines is 2. The number of alkyl halides is 6. The summed E-state index contributed by atoms with van der Waals surface area (Å²) in [5, 5.41) is 5.73. The van der Waals surface area contributed by atoms with Gasteiger partial charge in [-0.15, -0.1) is 0 Å². The fourth-order valence-electron chi connectivity index (χ4n) is 9.05. The predicted molar refractivity (Wildman–Crippen MR) is 231 cm³/mol. The standard InChI is InChI=1S/C48H47F6N7O4/c1-29-13-17-31(18-14-29)41-39-37(59(45(64)55-41)35-11-5-9-33(25-35)47(49,50)51)27-57(43(39)62)21-7-23-61(3,4)24-8-22-58-28-38-40(44(58)63)42(32-19-15-30(2)16-20-32)56-46(65)60(38)36-12-6-10-34(26-36)48(52,53)54/h5-6,9-20,25-26,41-42H,7-8,21-24,27-28H2,1-4H3,(H-,55,56,64,65)/p+1/t41-,42-/m1/s1. The molecule has 0 aliphatic carbocycles. The minimum Gasteiger partial charge on any atom is -0.333 e. The molecule has 2 atom stereocenters. The maximum atomic E-state index is 14.2. The van der Waals surface area contributed by atoms with E-state index in [1.165, 1.54) is 24.3 Å². The monoisotopic (exact) mass is 900 g/mol. The second-order valence-corrected chi connectivity index (χ2v) is 17.6. The zero-order valence-electron chi connectivity index (χ0n) is 36.2. The quantitative estimate of drug-likeness (QED) is 0.110. The van der Waals surface area contributed by atoms with Crippen LogP contribution in [0.25, 0.3) is 0 Å². The van der Waals surface area contributed by atoms with E-state index in [4.69, 9.17) is 0 Å². The van der Waals surface area contributed by atoms with E-state index in [1.807, 2.05) is 76.5 Å². The van der Waals surface area contributed by atoms with Crippen molar-refractivity contribution in [2.75, 3.05) is 63.2 Å². The highest BCUT2D eigenvalue weighted by molar-refractivity contribution is 6.08. The van der Waals surface area contributed by atoms with Crippen molar-refractivity contribution in [1.82, 2.24) is 20.4 Å². The van der Waals surface area contributed by atoms with Crippen LogP contribution in [-0.2, 0) is 21.9 Å². The number of amides is 6. The predicted octanol–water partition coefficient (Wildman–Crippen LogP) is 8.63. The molecule has 4 aliphatic rings. The Labute approximate surface area is 372 Å². The molecule has 0 saturated carbocycles. The van der Waals surface area contributed by atoms with Crippen molar-refractivity contribution in [2.45, 2.75) is 51.1 Å². The lowest BCUT2D eigenvalue weighted by Gasteiger charge is -2.34. The number of rotatable bonds is 12. The molecule has 0 unspecified atom stereocenters. The first-order chi connectivity index (χ1) is 30.7. The van der Waals surface area contributed by atoms with Crippen LogP contribution in [0.15, 0.2) is 120 Å². The number of nitrogens with zero attached hydrogens (tertiary/aromatic N) is 5. The molecular formula is C48H48F6N7O4+. The van der Waals surface area contributed by atoms with Gasteiger partial charge in [0.25, 0.3) is 11.8 Å². The highest BCUT2D eigenvalue weighted by Gasteiger charge is 2.47. The maximum Gasteiger partial charge on any atom is 0.416 e. The molecule has 4 heterocycles. The number of hydrogen-bond acceptors (Lipinski definition) is 4. The number of hydrogen-bond donors (Lipinski definition) is 2. The van der Waals surface area contributed by atoms with Crippen LogP contribution in [0.3, 0.4) is 0 Å². The summed E-state index contributed by atoms with van der Waals surface area (Å²) in [6, 6.07) is 20.7. The summed E-state index contributed by atoms with van der Waals surface area (Å²) in [7, 11) is 4.03. The molecule has 11 nitrogen and oxygen atoms in total. The summed E-state index contributed by atoms with van der Waals surface area (Å²) in [6.45, 7) is 5.64. The van der Waals surface area contributed by atoms with Gasteiger partial charge in [-0.25, -0.2) is 9.59 Å². The van der Waals surface area contributed by atoms with Gasteiger partial charge in [-0.1, -0.05) is 71.8 Å². The Bertz CT molecular complexity index is 2430. The Hall–Kier alpha value is -6.62. The molecule has 4 aromatic carbocycles. The smallest absolute Gasteiger partial charge is 0.333 e. The number of carbonyl (C=O) groups excluding carboxylic acids is 4. The zero-order chi connectivity index (χ0) is 46.6. The highest BCUT2D eigenvalue weighted by Crippen LogP contribution is 2.42. The van der Waals surface area contributed by atoms with Crippen LogP contribution < -0.4 is 20.4 Å². The molecule has 0 aromatic heterocycles. The number of halogens is 6. The van der Waals surface area contributed by atoms with Gasteiger partial charge in [-0.2, -0.15) is 26.3 Å². The van der Waals surface area contributed by atoms with Crippen LogP contribution >= 0.6 is 0 Å². The van der Waals surface area contributed by atoms with Gasteiger partial charge in [0, 0.05) is 25.9 Å². The lowest BCUT2D eigenvalue weighted by molar-refractivity contribution is -0.890. The van der Waals surface area contributed by atoms with Gasteiger partial charge in [-0.05, 0) is 61.4 Å². The van der Waals surface area contributed by atoms with Crippen molar-refractivity contribution < 1.29 is 50.0 Å². The van der Waals surface area contributed by atoms with Crippen LogP contribution in [0.1, 0.15) is 58.3 Å². The highest BCUT2D eigenvalue weighted by atomic mass is 19.4. The van der Waals surface area contributed by atoms with Gasteiger partial charge < -0.3 is 24.9 Å². The summed E-state index contributed by atoms with van der Waals surface area (Å²) in [5.74, 6) is -0.652. The summed E-state index contributed by atoms with van der Waals surface area (Å²) in [5.41, 5.74) is 2.62. The Morgan fingerprint density at radius 1 is 0.569 bits per heavy atom. The van der Waals surface area contributed by atoms with Gasteiger partial charge in [0.1, 0.15) is 0 Å². The van der Waals surface area contributed by atoms with E-state index in [0.717, 1.165) is 45.2 Å². The largest absolute Gasteiger partial charge is 0.416 e. The van der Waals surface area contributed by atoms with Crippen LogP contribution in [0.4, 0.5) is 47.3 Å². The average molecular weight is 901 g/mol. The Balaban J connectivity index is 0.944. The van der Waals surface area contributed by atoms with E-state index >= 15 is 0 Å². The molecule has 2 N–H and O–H groups in total. The molecule has 65 heavy (non-hydrogen) atoms. The molecule has 6 amide bonds. The fourth-order valence-corrected chi connectivity index (χ4v) is 9.05. The van der Waals surface area contributed by atoms with Crippen LogP contribution in [0.2, 0.25) is 0 Å². The first-order valence-corrected chi connectivity index (χ1v) is 21.3.